The highest BCUT2D eigenvalue weighted by Gasteiger charge is 2.33. The molecule has 1 saturated heterocycles. The second-order valence-corrected chi connectivity index (χ2v) is 5.47. The van der Waals surface area contributed by atoms with Crippen LogP contribution in [0.15, 0.2) is 36.7 Å². The van der Waals surface area contributed by atoms with Crippen molar-refractivity contribution in [1.29, 1.82) is 5.26 Å². The van der Waals surface area contributed by atoms with Crippen LogP contribution in [-0.4, -0.2) is 46.4 Å². The number of nitrogens with zero attached hydrogens (tertiary/aromatic N) is 5. The highest BCUT2D eigenvalue weighted by molar-refractivity contribution is 5.92. The van der Waals surface area contributed by atoms with Crippen LogP contribution in [0.1, 0.15) is 22.5 Å². The number of hydrogen-bond donors (Lipinski definition) is 1. The number of anilines is 1. The van der Waals surface area contributed by atoms with Crippen LogP contribution in [-0.2, 0) is 0 Å². The molecule has 1 fully saturated rings. The van der Waals surface area contributed by atoms with E-state index in [9.17, 15) is 9.18 Å². The summed E-state index contributed by atoms with van der Waals surface area (Å²) in [7, 11) is 0. The quantitative estimate of drug-likeness (QED) is 0.904. The molecule has 0 bridgehead atoms. The van der Waals surface area contributed by atoms with Gasteiger partial charge in [0.05, 0.1) is 18.2 Å². The molecule has 1 aliphatic heterocycles. The Morgan fingerprint density at radius 2 is 2.33 bits per heavy atom. The maximum Gasteiger partial charge on any atom is 0.269 e. The molecule has 2 aromatic heterocycles. The minimum absolute atomic E-state index is 0.195. The molecule has 0 aromatic carbocycles. The van der Waals surface area contributed by atoms with E-state index < -0.39 is 6.17 Å². The third kappa shape index (κ3) is 3.46. The summed E-state index contributed by atoms with van der Waals surface area (Å²) in [6.07, 6.45) is 2.24. The summed E-state index contributed by atoms with van der Waals surface area (Å²) in [5.41, 5.74) is 0.603. The van der Waals surface area contributed by atoms with Gasteiger partial charge in [-0.2, -0.15) is 10.4 Å². The Hall–Kier alpha value is -3.08. The van der Waals surface area contributed by atoms with Gasteiger partial charge in [-0.3, -0.25) is 4.79 Å². The molecule has 7 nitrogen and oxygen atoms in total. The van der Waals surface area contributed by atoms with Gasteiger partial charge in [-0.15, -0.1) is 5.10 Å². The number of amides is 1. The molecule has 3 rings (SSSR count). The van der Waals surface area contributed by atoms with Crippen LogP contribution in [0.4, 0.5) is 10.2 Å². The second-order valence-electron chi connectivity index (χ2n) is 5.47. The van der Waals surface area contributed by atoms with E-state index in [1.807, 2.05) is 11.0 Å². The summed E-state index contributed by atoms with van der Waals surface area (Å²) in [4.78, 5) is 17.9. The smallest absolute Gasteiger partial charge is 0.269 e. The monoisotopic (exact) mass is 326 g/mol. The molecule has 0 saturated carbocycles. The Bertz CT molecular complexity index is 745. The normalized spacial score (nSPS) is 19.8. The number of nitrogens with one attached hydrogen (secondary N) is 1. The highest BCUT2D eigenvalue weighted by atomic mass is 19.1. The van der Waals surface area contributed by atoms with Gasteiger partial charge in [0.2, 0.25) is 0 Å². The Morgan fingerprint density at radius 1 is 1.46 bits per heavy atom. The molecule has 3 heterocycles. The van der Waals surface area contributed by atoms with Crippen molar-refractivity contribution in [2.45, 2.75) is 18.6 Å². The van der Waals surface area contributed by atoms with E-state index in [1.54, 1.807) is 18.3 Å². The summed E-state index contributed by atoms with van der Waals surface area (Å²) in [6.45, 7) is 0.506. The molecule has 1 aliphatic rings. The van der Waals surface area contributed by atoms with Crippen molar-refractivity contribution in [2.24, 2.45) is 0 Å². The van der Waals surface area contributed by atoms with E-state index in [1.165, 1.54) is 18.3 Å². The number of aromatic nitrogens is 3. The number of halogens is 1. The van der Waals surface area contributed by atoms with Gasteiger partial charge < -0.3 is 10.2 Å². The Labute approximate surface area is 138 Å². The summed E-state index contributed by atoms with van der Waals surface area (Å²) >= 11 is 0. The SMILES string of the molecule is N#Cc1ccc(C(=O)NC[C@@H]2C[C@H](F)CN2c2cccnn2)nc1. The van der Waals surface area contributed by atoms with E-state index in [2.05, 4.69) is 20.5 Å². The predicted octanol–water partition coefficient (Wildman–Crippen LogP) is 1.09. The fourth-order valence-electron chi connectivity index (χ4n) is 2.68. The van der Waals surface area contributed by atoms with E-state index in [0.717, 1.165) is 0 Å². The van der Waals surface area contributed by atoms with Crippen LogP contribution in [0.2, 0.25) is 0 Å². The maximum absolute atomic E-state index is 13.8. The van der Waals surface area contributed by atoms with Crippen LogP contribution in [0, 0.1) is 11.3 Å². The van der Waals surface area contributed by atoms with Gasteiger partial charge in [-0.25, -0.2) is 9.37 Å². The van der Waals surface area contributed by atoms with Crippen molar-refractivity contribution >= 4 is 11.7 Å². The molecule has 0 radical (unpaired) electrons. The summed E-state index contributed by atoms with van der Waals surface area (Å²) in [6, 6.07) is 8.27. The van der Waals surface area contributed by atoms with Gasteiger partial charge in [-0.1, -0.05) is 0 Å². The Balaban J connectivity index is 1.64. The first-order valence-electron chi connectivity index (χ1n) is 7.50. The van der Waals surface area contributed by atoms with Crippen LogP contribution in [0.25, 0.3) is 0 Å². The molecule has 122 valence electrons. The molecule has 0 unspecified atom stereocenters. The van der Waals surface area contributed by atoms with Crippen molar-refractivity contribution in [3.63, 3.8) is 0 Å². The highest BCUT2D eigenvalue weighted by Crippen LogP contribution is 2.24. The summed E-state index contributed by atoms with van der Waals surface area (Å²) in [5, 5.41) is 19.3. The van der Waals surface area contributed by atoms with Crippen LogP contribution < -0.4 is 10.2 Å². The average Bonchev–Trinajstić information content (AvgIpc) is 3.01. The number of hydrogen-bond acceptors (Lipinski definition) is 6. The van der Waals surface area contributed by atoms with Crippen molar-refractivity contribution in [3.8, 4) is 6.07 Å². The van der Waals surface area contributed by atoms with Gasteiger partial charge in [0.1, 0.15) is 17.9 Å². The second kappa shape index (κ2) is 7.00. The largest absolute Gasteiger partial charge is 0.349 e. The van der Waals surface area contributed by atoms with Gasteiger partial charge in [-0.05, 0) is 24.3 Å². The van der Waals surface area contributed by atoms with E-state index in [4.69, 9.17) is 5.26 Å². The third-order valence-corrected chi connectivity index (χ3v) is 3.84. The zero-order chi connectivity index (χ0) is 16.9. The lowest BCUT2D eigenvalue weighted by atomic mass is 10.2. The maximum atomic E-state index is 13.8. The Morgan fingerprint density at radius 3 is 3.00 bits per heavy atom. The first-order valence-corrected chi connectivity index (χ1v) is 7.50. The van der Waals surface area contributed by atoms with Crippen molar-refractivity contribution in [2.75, 3.05) is 18.0 Å². The molecule has 2 atom stereocenters. The first kappa shape index (κ1) is 15.8. The van der Waals surface area contributed by atoms with E-state index in [0.29, 0.717) is 17.8 Å². The molecular weight excluding hydrogens is 311 g/mol. The molecular formula is C16H15FN6O. The number of nitriles is 1. The molecule has 0 aliphatic carbocycles. The summed E-state index contributed by atoms with van der Waals surface area (Å²) < 4.78 is 13.8. The van der Waals surface area contributed by atoms with E-state index in [-0.39, 0.29) is 30.7 Å². The molecule has 1 N–H and O–H groups in total. The predicted molar refractivity (Wildman–Crippen MR) is 84.0 cm³/mol. The van der Waals surface area contributed by atoms with Crippen LogP contribution in [0.3, 0.4) is 0 Å². The number of rotatable bonds is 4. The minimum Gasteiger partial charge on any atom is -0.349 e. The van der Waals surface area contributed by atoms with Crippen LogP contribution >= 0.6 is 0 Å². The molecule has 8 heteroatoms. The standard InChI is InChI=1S/C16H15FN6O/c17-12-6-13(23(10-12)15-2-1-5-21-22-15)9-20-16(24)14-4-3-11(7-18)8-19-14/h1-5,8,12-13H,6,9-10H2,(H,20,24)/t12-,13-/m0/s1. The van der Waals surface area contributed by atoms with Gasteiger partial charge >= 0.3 is 0 Å². The molecule has 1 amide bonds. The lowest BCUT2D eigenvalue weighted by molar-refractivity contribution is 0.0946. The van der Waals surface area contributed by atoms with Crippen molar-refractivity contribution < 1.29 is 9.18 Å². The number of alkyl halides is 1. The number of pyridine rings is 1. The first-order chi connectivity index (χ1) is 11.7. The fraction of sp³-hybridized carbons (Fsp3) is 0.312. The zero-order valence-corrected chi connectivity index (χ0v) is 12.8. The van der Waals surface area contributed by atoms with Crippen molar-refractivity contribution in [3.05, 3.63) is 47.9 Å². The minimum atomic E-state index is -0.970. The molecule has 24 heavy (non-hydrogen) atoms. The Kier molecular flexibility index (Phi) is 4.61. The molecule has 2 aromatic rings. The zero-order valence-electron chi connectivity index (χ0n) is 12.8. The van der Waals surface area contributed by atoms with Crippen molar-refractivity contribution in [1.82, 2.24) is 20.5 Å². The van der Waals surface area contributed by atoms with Gasteiger partial charge in [0.15, 0.2) is 5.82 Å². The fourth-order valence-corrected chi connectivity index (χ4v) is 2.68. The number of carbonyl (C=O) groups excluding carboxylic acids is 1. The number of carbonyl (C=O) groups is 1. The lowest BCUT2D eigenvalue weighted by Gasteiger charge is -2.24. The third-order valence-electron chi connectivity index (χ3n) is 3.84. The lowest BCUT2D eigenvalue weighted by Crippen LogP contribution is -2.40. The van der Waals surface area contributed by atoms with E-state index >= 15 is 0 Å². The molecule has 0 spiro atoms. The topological polar surface area (TPSA) is 94.8 Å². The average molecular weight is 326 g/mol. The van der Waals surface area contributed by atoms with Crippen LogP contribution in [0.5, 0.6) is 0 Å². The van der Waals surface area contributed by atoms with Gasteiger partial charge in [0.25, 0.3) is 5.91 Å². The summed E-state index contributed by atoms with van der Waals surface area (Å²) in [5.74, 6) is 0.231. The van der Waals surface area contributed by atoms with Gasteiger partial charge in [0, 0.05) is 25.4 Å².